The van der Waals surface area contributed by atoms with Crippen molar-refractivity contribution in [2.45, 2.75) is 18.9 Å². The van der Waals surface area contributed by atoms with Gasteiger partial charge in [0.25, 0.3) is 0 Å². The monoisotopic (exact) mass is 323 g/mol. The molecule has 0 radical (unpaired) electrons. The maximum Gasteiger partial charge on any atom is 0.224 e. The van der Waals surface area contributed by atoms with Crippen LogP contribution >= 0.6 is 11.3 Å². The zero-order valence-electron chi connectivity index (χ0n) is 12.4. The highest BCUT2D eigenvalue weighted by Crippen LogP contribution is 2.22. The molecule has 6 heteroatoms. The summed E-state index contributed by atoms with van der Waals surface area (Å²) in [4.78, 5) is 11.9. The van der Waals surface area contributed by atoms with Gasteiger partial charge in [0.15, 0.2) is 11.6 Å². The molecule has 1 aromatic carbocycles. The molecule has 0 saturated heterocycles. The number of nitrogens with one attached hydrogen (secondary N) is 1. The second-order valence-electron chi connectivity index (χ2n) is 5.21. The van der Waals surface area contributed by atoms with Crippen LogP contribution in [0.2, 0.25) is 0 Å². The van der Waals surface area contributed by atoms with Gasteiger partial charge < -0.3 is 15.2 Å². The van der Waals surface area contributed by atoms with Gasteiger partial charge >= 0.3 is 0 Å². The van der Waals surface area contributed by atoms with Crippen LogP contribution in [0.3, 0.4) is 0 Å². The number of hydrogen-bond donors (Lipinski definition) is 2. The van der Waals surface area contributed by atoms with Crippen LogP contribution in [0.15, 0.2) is 35.0 Å². The molecule has 118 valence electrons. The number of hydrogen-bond acceptors (Lipinski definition) is 4. The molecule has 1 heterocycles. The van der Waals surface area contributed by atoms with Gasteiger partial charge in [-0.2, -0.15) is 11.3 Å². The molecule has 0 fully saturated rings. The topological polar surface area (TPSA) is 58.6 Å². The average Bonchev–Trinajstić information content (AvgIpc) is 3.00. The first kappa shape index (κ1) is 16.5. The lowest BCUT2D eigenvalue weighted by atomic mass is 9.99. The smallest absolute Gasteiger partial charge is 0.224 e. The maximum absolute atomic E-state index is 13.6. The van der Waals surface area contributed by atoms with Crippen molar-refractivity contribution in [1.82, 2.24) is 5.32 Å². The highest BCUT2D eigenvalue weighted by Gasteiger charge is 2.24. The second-order valence-corrected chi connectivity index (χ2v) is 5.99. The van der Waals surface area contributed by atoms with E-state index in [9.17, 15) is 14.3 Å². The number of rotatable bonds is 6. The zero-order valence-corrected chi connectivity index (χ0v) is 13.2. The van der Waals surface area contributed by atoms with E-state index in [1.165, 1.54) is 30.6 Å². The Hall–Kier alpha value is -1.92. The SMILES string of the molecule is COc1ccc(CC(=O)NCC(C)(O)c2ccsc2)cc1F. The standard InChI is InChI=1S/C16H18FNO3S/c1-16(20,12-5-6-22-9-12)10-18-15(19)8-11-3-4-14(21-2)13(17)7-11/h3-7,9,20H,8,10H2,1-2H3,(H,18,19). The third-order valence-corrected chi connectivity index (χ3v) is 4.04. The summed E-state index contributed by atoms with van der Waals surface area (Å²) in [6, 6.07) is 6.21. The molecule has 22 heavy (non-hydrogen) atoms. The Kier molecular flexibility index (Phi) is 5.15. The van der Waals surface area contributed by atoms with Gasteiger partial charge in [-0.1, -0.05) is 6.07 Å². The second kappa shape index (κ2) is 6.89. The number of halogens is 1. The normalized spacial score (nSPS) is 13.5. The van der Waals surface area contributed by atoms with Crippen LogP contribution in [-0.4, -0.2) is 24.7 Å². The van der Waals surface area contributed by atoms with Crippen LogP contribution in [0, 0.1) is 5.82 Å². The Bertz CT molecular complexity index is 641. The molecule has 0 bridgehead atoms. The minimum absolute atomic E-state index is 0.0423. The Morgan fingerprint density at radius 1 is 1.45 bits per heavy atom. The first-order chi connectivity index (χ1) is 10.4. The fraction of sp³-hybridized carbons (Fsp3) is 0.312. The lowest BCUT2D eigenvalue weighted by Gasteiger charge is -2.22. The number of carbonyl (C=O) groups excluding carboxylic acids is 1. The van der Waals surface area contributed by atoms with Crippen molar-refractivity contribution in [1.29, 1.82) is 0 Å². The van der Waals surface area contributed by atoms with Gasteiger partial charge in [0, 0.05) is 0 Å². The molecule has 1 unspecified atom stereocenters. The molecule has 2 rings (SSSR count). The summed E-state index contributed by atoms with van der Waals surface area (Å²) in [5, 5.41) is 16.7. The average molecular weight is 323 g/mol. The summed E-state index contributed by atoms with van der Waals surface area (Å²) in [6.07, 6.45) is 0.0423. The van der Waals surface area contributed by atoms with Crippen LogP contribution in [0.25, 0.3) is 0 Å². The highest BCUT2D eigenvalue weighted by molar-refractivity contribution is 7.08. The zero-order chi connectivity index (χ0) is 16.2. The van der Waals surface area contributed by atoms with Crippen molar-refractivity contribution in [3.05, 3.63) is 52.0 Å². The number of methoxy groups -OCH3 is 1. The van der Waals surface area contributed by atoms with E-state index >= 15 is 0 Å². The molecule has 1 amide bonds. The number of ether oxygens (including phenoxy) is 1. The van der Waals surface area contributed by atoms with Crippen molar-refractivity contribution in [2.75, 3.05) is 13.7 Å². The third kappa shape index (κ3) is 4.05. The molecule has 0 spiro atoms. The van der Waals surface area contributed by atoms with E-state index in [4.69, 9.17) is 4.74 Å². The molecule has 0 aliphatic carbocycles. The van der Waals surface area contributed by atoms with E-state index < -0.39 is 11.4 Å². The first-order valence-corrected chi connectivity index (χ1v) is 7.71. The Morgan fingerprint density at radius 3 is 2.82 bits per heavy atom. The third-order valence-electron chi connectivity index (χ3n) is 3.35. The van der Waals surface area contributed by atoms with Gasteiger partial charge in [-0.15, -0.1) is 0 Å². The minimum Gasteiger partial charge on any atom is -0.494 e. The number of carbonyl (C=O) groups is 1. The fourth-order valence-corrected chi connectivity index (χ4v) is 2.79. The molecule has 1 atom stereocenters. The van der Waals surface area contributed by atoms with Crippen LogP contribution in [0.5, 0.6) is 5.75 Å². The Morgan fingerprint density at radius 2 is 2.23 bits per heavy atom. The van der Waals surface area contributed by atoms with Crippen LogP contribution in [-0.2, 0) is 16.8 Å². The van der Waals surface area contributed by atoms with E-state index in [2.05, 4.69) is 5.32 Å². The van der Waals surface area contributed by atoms with E-state index in [1.807, 2.05) is 16.8 Å². The van der Waals surface area contributed by atoms with Crippen molar-refractivity contribution in [2.24, 2.45) is 0 Å². The van der Waals surface area contributed by atoms with Crippen LogP contribution < -0.4 is 10.1 Å². The number of benzene rings is 1. The Labute approximate surface area is 132 Å². The molecule has 2 aromatic rings. The summed E-state index contributed by atoms with van der Waals surface area (Å²) in [5.74, 6) is -0.636. The van der Waals surface area contributed by atoms with Gasteiger partial charge in [-0.3, -0.25) is 4.79 Å². The molecule has 1 aromatic heterocycles. The molecular formula is C16H18FNO3S. The fourth-order valence-electron chi connectivity index (χ4n) is 2.01. The van der Waals surface area contributed by atoms with Gasteiger partial charge in [0.05, 0.1) is 20.1 Å². The molecule has 0 aliphatic heterocycles. The molecule has 0 aliphatic rings. The maximum atomic E-state index is 13.6. The quantitative estimate of drug-likeness (QED) is 0.858. The summed E-state index contributed by atoms with van der Waals surface area (Å²) < 4.78 is 18.4. The van der Waals surface area contributed by atoms with Crippen molar-refractivity contribution in [3.8, 4) is 5.75 Å². The largest absolute Gasteiger partial charge is 0.494 e. The van der Waals surface area contributed by atoms with Crippen molar-refractivity contribution >= 4 is 17.2 Å². The summed E-state index contributed by atoms with van der Waals surface area (Å²) >= 11 is 1.48. The molecule has 2 N–H and O–H groups in total. The highest BCUT2D eigenvalue weighted by atomic mass is 32.1. The van der Waals surface area contributed by atoms with Gasteiger partial charge in [-0.05, 0) is 47.0 Å². The van der Waals surface area contributed by atoms with Crippen molar-refractivity contribution in [3.63, 3.8) is 0 Å². The van der Waals surface area contributed by atoms with Gasteiger partial charge in [0.2, 0.25) is 5.91 Å². The van der Waals surface area contributed by atoms with E-state index in [0.717, 1.165) is 5.56 Å². The van der Waals surface area contributed by atoms with Crippen molar-refractivity contribution < 1.29 is 19.0 Å². The van der Waals surface area contributed by atoms with E-state index in [-0.39, 0.29) is 24.6 Å². The summed E-state index contributed by atoms with van der Waals surface area (Å²) in [5.41, 5.74) is 0.181. The molecular weight excluding hydrogens is 305 g/mol. The Balaban J connectivity index is 1.92. The first-order valence-electron chi connectivity index (χ1n) is 6.76. The number of aliphatic hydroxyl groups is 1. The summed E-state index contributed by atoms with van der Waals surface area (Å²) in [6.45, 7) is 1.74. The van der Waals surface area contributed by atoms with E-state index in [1.54, 1.807) is 13.0 Å². The lowest BCUT2D eigenvalue weighted by molar-refractivity contribution is -0.121. The molecule has 0 saturated carbocycles. The minimum atomic E-state index is -1.12. The summed E-state index contributed by atoms with van der Waals surface area (Å²) in [7, 11) is 1.39. The van der Waals surface area contributed by atoms with Crippen LogP contribution in [0.4, 0.5) is 4.39 Å². The van der Waals surface area contributed by atoms with E-state index in [0.29, 0.717) is 5.56 Å². The van der Waals surface area contributed by atoms with Gasteiger partial charge in [0.1, 0.15) is 5.60 Å². The molecule has 4 nitrogen and oxygen atoms in total. The predicted octanol–water partition coefficient (Wildman–Crippen LogP) is 2.46. The predicted molar refractivity (Wildman–Crippen MR) is 83.6 cm³/mol. The van der Waals surface area contributed by atoms with Gasteiger partial charge in [-0.25, -0.2) is 4.39 Å². The number of thiophene rings is 1. The van der Waals surface area contributed by atoms with Crippen LogP contribution in [0.1, 0.15) is 18.1 Å². The number of amides is 1. The lowest BCUT2D eigenvalue weighted by Crippen LogP contribution is -2.39.